The number of aryl methyl sites for hydroxylation is 1. The van der Waals surface area contributed by atoms with Gasteiger partial charge in [-0.15, -0.1) is 0 Å². The van der Waals surface area contributed by atoms with E-state index in [1.165, 1.54) is 4.90 Å². The SMILES string of the molecule is CC[C@@H]1C[C@]1(NC(=O)[C@@H]1C[C@@H]2CN1C(=O)[C@H](C1CCCC1)NC(=O)O[C@]1(C)CCC[C@H]1CCCCCc1nc3ccc(OC)cc3cc1O2)C(=O)NS(=O)(=O)C1CC1. The van der Waals surface area contributed by atoms with Gasteiger partial charge in [0.25, 0.3) is 5.91 Å². The molecule has 1 aromatic carbocycles. The number of aromatic nitrogens is 1. The average molecular weight is 822 g/mol. The topological polar surface area (TPSA) is 182 Å². The summed E-state index contributed by atoms with van der Waals surface area (Å²) in [7, 11) is -2.25. The summed E-state index contributed by atoms with van der Waals surface area (Å²) in [5.41, 5.74) is -0.459. The van der Waals surface area contributed by atoms with E-state index in [2.05, 4.69) is 15.4 Å². The average Bonchev–Trinajstić information content (AvgIpc) is 4.01. The summed E-state index contributed by atoms with van der Waals surface area (Å²) < 4.78 is 46.5. The summed E-state index contributed by atoms with van der Waals surface area (Å²) in [6.45, 7) is 3.97. The molecule has 5 fully saturated rings. The number of nitrogens with one attached hydrogen (secondary N) is 3. The lowest BCUT2D eigenvalue weighted by Gasteiger charge is -2.35. The third-order valence-electron chi connectivity index (χ3n) is 14.0. The molecule has 8 rings (SSSR count). The summed E-state index contributed by atoms with van der Waals surface area (Å²) in [4.78, 5) is 63.7. The van der Waals surface area contributed by atoms with Gasteiger partial charge in [-0.05, 0) is 120 Å². The number of amides is 4. The van der Waals surface area contributed by atoms with Gasteiger partial charge in [0.2, 0.25) is 21.8 Å². The Bertz CT molecular complexity index is 2040. The highest BCUT2D eigenvalue weighted by Crippen LogP contribution is 2.47. The van der Waals surface area contributed by atoms with Crippen LogP contribution >= 0.6 is 0 Å². The molecule has 316 valence electrons. The van der Waals surface area contributed by atoms with Crippen molar-refractivity contribution in [3.63, 3.8) is 0 Å². The van der Waals surface area contributed by atoms with Crippen LogP contribution in [0.5, 0.6) is 11.5 Å². The van der Waals surface area contributed by atoms with Crippen LogP contribution < -0.4 is 24.8 Å². The second kappa shape index (κ2) is 16.1. The van der Waals surface area contributed by atoms with E-state index < -0.39 is 68.4 Å². The molecule has 2 aliphatic heterocycles. The predicted molar refractivity (Wildman–Crippen MR) is 215 cm³/mol. The summed E-state index contributed by atoms with van der Waals surface area (Å²) in [5, 5.41) is 6.17. The van der Waals surface area contributed by atoms with Gasteiger partial charge in [0.15, 0.2) is 0 Å². The summed E-state index contributed by atoms with van der Waals surface area (Å²) in [5.74, 6) is -0.652. The van der Waals surface area contributed by atoms with E-state index in [0.29, 0.717) is 37.2 Å². The molecule has 0 unspecified atom stereocenters. The fourth-order valence-corrected chi connectivity index (χ4v) is 11.7. The maximum Gasteiger partial charge on any atom is 0.408 e. The monoisotopic (exact) mass is 821 g/mol. The van der Waals surface area contributed by atoms with Gasteiger partial charge in [0.1, 0.15) is 40.8 Å². The Morgan fingerprint density at radius 2 is 1.78 bits per heavy atom. The van der Waals surface area contributed by atoms with Gasteiger partial charge in [-0.1, -0.05) is 39.0 Å². The van der Waals surface area contributed by atoms with Crippen molar-refractivity contribution in [1.82, 2.24) is 25.2 Å². The van der Waals surface area contributed by atoms with E-state index >= 15 is 0 Å². The van der Waals surface area contributed by atoms with Crippen molar-refractivity contribution < 1.29 is 41.8 Å². The summed E-state index contributed by atoms with van der Waals surface area (Å²) in [6.07, 6.45) is 11.1. The number of fused-ring (bicyclic) bond motifs is 5. The van der Waals surface area contributed by atoms with Gasteiger partial charge in [-0.25, -0.2) is 18.2 Å². The van der Waals surface area contributed by atoms with E-state index in [-0.39, 0.29) is 37.1 Å². The van der Waals surface area contributed by atoms with Crippen LogP contribution in [-0.4, -0.2) is 90.3 Å². The normalized spacial score (nSPS) is 32.2. The zero-order valence-corrected chi connectivity index (χ0v) is 34.9. The molecule has 4 saturated carbocycles. The van der Waals surface area contributed by atoms with Crippen LogP contribution in [0, 0.1) is 17.8 Å². The van der Waals surface area contributed by atoms with E-state index in [9.17, 15) is 27.6 Å². The zero-order chi connectivity index (χ0) is 40.8. The van der Waals surface area contributed by atoms with Crippen molar-refractivity contribution in [3.8, 4) is 11.5 Å². The first-order chi connectivity index (χ1) is 27.8. The highest BCUT2D eigenvalue weighted by Gasteiger charge is 2.62. The number of alkyl carbamates (subject to hydrolysis) is 1. The standard InChI is InChI=1S/C43H59N5O9S/c1-4-28-24-43(28,40(51)47-58(53,54)32-17-18-32)46-38(49)35-23-31-25-48(35)39(50)37(26-11-8-9-12-26)45-41(52)57-42(2)20-10-14-29(42)13-6-5-7-15-34-36(56-31)22-27-21-30(55-3)16-19-33(27)44-34/h16,19,21-22,26,28-29,31-32,35,37H,4-15,17-18,20,23-25H2,1-3H3,(H,45,52)(H,46,49)(H,47,51)/t28-,29-,31-,35+,37+,42-,43-/m1/s1. The second-order valence-electron chi connectivity index (χ2n) is 18.0. The third kappa shape index (κ3) is 8.21. The van der Waals surface area contributed by atoms with E-state index in [1.807, 2.05) is 38.1 Å². The molecule has 3 heterocycles. The lowest BCUT2D eigenvalue weighted by atomic mass is 9.87. The van der Waals surface area contributed by atoms with Crippen molar-refractivity contribution in [2.75, 3.05) is 13.7 Å². The minimum absolute atomic E-state index is 0.0543. The molecule has 15 heteroatoms. The number of hydrogen-bond acceptors (Lipinski definition) is 10. The first kappa shape index (κ1) is 40.6. The molecule has 2 aromatic rings. The van der Waals surface area contributed by atoms with Gasteiger partial charge in [0.05, 0.1) is 30.1 Å². The van der Waals surface area contributed by atoms with Crippen LogP contribution in [0.25, 0.3) is 10.9 Å². The number of nitrogens with zero attached hydrogens (tertiary/aromatic N) is 2. The zero-order valence-electron chi connectivity index (χ0n) is 34.1. The summed E-state index contributed by atoms with van der Waals surface area (Å²) >= 11 is 0. The molecule has 6 aliphatic rings. The Kier molecular flexibility index (Phi) is 11.3. The number of rotatable bonds is 8. The number of benzene rings is 1. The quantitative estimate of drug-likeness (QED) is 0.310. The van der Waals surface area contributed by atoms with Crippen molar-refractivity contribution in [3.05, 3.63) is 30.0 Å². The number of ether oxygens (including phenoxy) is 3. The molecule has 0 radical (unpaired) electrons. The Balaban J connectivity index is 1.14. The molecular weight excluding hydrogens is 763 g/mol. The number of hydrogen-bond donors (Lipinski definition) is 3. The molecule has 4 amide bonds. The Morgan fingerprint density at radius 3 is 2.50 bits per heavy atom. The third-order valence-corrected chi connectivity index (χ3v) is 15.9. The predicted octanol–water partition coefficient (Wildman–Crippen LogP) is 5.45. The number of sulfonamides is 1. The largest absolute Gasteiger partial charge is 0.497 e. The number of methoxy groups -OCH3 is 1. The maximum atomic E-state index is 15.0. The fourth-order valence-electron chi connectivity index (χ4n) is 10.3. The van der Waals surface area contributed by atoms with Gasteiger partial charge >= 0.3 is 6.09 Å². The Morgan fingerprint density at radius 1 is 1.02 bits per heavy atom. The molecule has 1 saturated heterocycles. The highest BCUT2D eigenvalue weighted by molar-refractivity contribution is 7.91. The molecule has 58 heavy (non-hydrogen) atoms. The van der Waals surface area contributed by atoms with Gasteiger partial charge < -0.3 is 29.7 Å². The minimum atomic E-state index is -3.86. The smallest absolute Gasteiger partial charge is 0.408 e. The highest BCUT2D eigenvalue weighted by atomic mass is 32.2. The summed E-state index contributed by atoms with van der Waals surface area (Å²) in [6, 6.07) is 5.68. The van der Waals surface area contributed by atoms with Crippen LogP contribution in [0.15, 0.2) is 24.3 Å². The fraction of sp³-hybridized carbons (Fsp3) is 0.698. The molecular formula is C43H59N5O9S. The lowest BCUT2D eigenvalue weighted by molar-refractivity contribution is -0.142. The first-order valence-corrected chi connectivity index (χ1v) is 23.2. The van der Waals surface area contributed by atoms with Gasteiger partial charge in [0, 0.05) is 11.8 Å². The van der Waals surface area contributed by atoms with E-state index in [0.717, 1.165) is 87.2 Å². The van der Waals surface area contributed by atoms with Crippen molar-refractivity contribution in [2.24, 2.45) is 17.8 Å². The van der Waals surface area contributed by atoms with Gasteiger partial charge in [-0.2, -0.15) is 0 Å². The molecule has 2 bridgehead atoms. The van der Waals surface area contributed by atoms with Gasteiger partial charge in [-0.3, -0.25) is 19.1 Å². The van der Waals surface area contributed by atoms with Crippen LogP contribution in [0.1, 0.15) is 122 Å². The molecule has 1 aromatic heterocycles. The molecule has 7 atom stereocenters. The Labute approximate surface area is 341 Å². The van der Waals surface area contributed by atoms with Crippen LogP contribution in [0.4, 0.5) is 4.79 Å². The molecule has 0 spiro atoms. The number of pyridine rings is 1. The number of carbonyl (C=O) groups excluding carboxylic acids is 4. The van der Waals surface area contributed by atoms with Crippen LogP contribution in [0.3, 0.4) is 0 Å². The number of carbonyl (C=O) groups is 4. The molecule has 4 aliphatic carbocycles. The van der Waals surface area contributed by atoms with Crippen LogP contribution in [-0.2, 0) is 35.6 Å². The first-order valence-electron chi connectivity index (χ1n) is 21.6. The van der Waals surface area contributed by atoms with Crippen LogP contribution in [0.2, 0.25) is 0 Å². The maximum absolute atomic E-state index is 15.0. The van der Waals surface area contributed by atoms with Crippen molar-refractivity contribution in [2.45, 2.75) is 158 Å². The van der Waals surface area contributed by atoms with Crippen molar-refractivity contribution in [1.29, 1.82) is 0 Å². The molecule has 14 nitrogen and oxygen atoms in total. The second-order valence-corrected chi connectivity index (χ2v) is 19.9. The minimum Gasteiger partial charge on any atom is -0.497 e. The lowest BCUT2D eigenvalue weighted by Crippen LogP contribution is -2.59. The molecule has 3 N–H and O–H groups in total. The van der Waals surface area contributed by atoms with Crippen molar-refractivity contribution >= 4 is 44.7 Å². The van der Waals surface area contributed by atoms with E-state index in [4.69, 9.17) is 19.2 Å². The Hall–Kier alpha value is -4.14. The van der Waals surface area contributed by atoms with E-state index in [1.54, 1.807) is 7.11 Å².